The van der Waals surface area contributed by atoms with Gasteiger partial charge in [0.2, 0.25) is 0 Å². The number of likely N-dealkylation sites (tertiary alicyclic amines) is 1. The zero-order chi connectivity index (χ0) is 14.7. The number of carbonyl (C=O) groups is 1. The van der Waals surface area contributed by atoms with Crippen LogP contribution in [0.2, 0.25) is 0 Å². The highest BCUT2D eigenvalue weighted by Crippen LogP contribution is 2.23. The fraction of sp³-hybridized carbons (Fsp3) is 0.500. The summed E-state index contributed by atoms with van der Waals surface area (Å²) in [4.78, 5) is 18.3. The number of hydrogen-bond acceptors (Lipinski definition) is 7. The van der Waals surface area contributed by atoms with Crippen LogP contribution in [-0.4, -0.2) is 40.7 Å². The third kappa shape index (κ3) is 3.14. The summed E-state index contributed by atoms with van der Waals surface area (Å²) < 4.78 is 10.2. The van der Waals surface area contributed by atoms with Crippen molar-refractivity contribution in [3.63, 3.8) is 0 Å². The first kappa shape index (κ1) is 14.2. The molecule has 1 aliphatic heterocycles. The molecule has 0 radical (unpaired) electrons. The lowest BCUT2D eigenvalue weighted by Gasteiger charge is -2.32. The van der Waals surface area contributed by atoms with Crippen LogP contribution in [0.3, 0.4) is 0 Å². The first-order valence-electron chi connectivity index (χ1n) is 6.95. The van der Waals surface area contributed by atoms with Crippen molar-refractivity contribution in [1.29, 1.82) is 0 Å². The van der Waals surface area contributed by atoms with Crippen molar-refractivity contribution in [2.75, 3.05) is 13.7 Å². The SMILES string of the molecule is COC(=O)C1CCCCN1Cc1noc(-c2ccsc2)n1. The molecule has 0 N–H and O–H groups in total. The Morgan fingerprint density at radius 2 is 2.48 bits per heavy atom. The van der Waals surface area contributed by atoms with Crippen molar-refractivity contribution < 1.29 is 14.1 Å². The molecule has 0 saturated carbocycles. The lowest BCUT2D eigenvalue weighted by Crippen LogP contribution is -2.44. The summed E-state index contributed by atoms with van der Waals surface area (Å²) >= 11 is 1.59. The largest absolute Gasteiger partial charge is 0.468 e. The Kier molecular flexibility index (Phi) is 4.31. The topological polar surface area (TPSA) is 68.5 Å². The highest BCUT2D eigenvalue weighted by Gasteiger charge is 2.30. The van der Waals surface area contributed by atoms with E-state index in [-0.39, 0.29) is 12.0 Å². The number of nitrogens with zero attached hydrogens (tertiary/aromatic N) is 3. The van der Waals surface area contributed by atoms with E-state index in [0.29, 0.717) is 18.3 Å². The van der Waals surface area contributed by atoms with Gasteiger partial charge in [-0.3, -0.25) is 9.69 Å². The van der Waals surface area contributed by atoms with Gasteiger partial charge in [-0.25, -0.2) is 0 Å². The van der Waals surface area contributed by atoms with Gasteiger partial charge in [0.15, 0.2) is 5.82 Å². The second-order valence-corrected chi connectivity index (χ2v) is 5.81. The van der Waals surface area contributed by atoms with Gasteiger partial charge in [-0.15, -0.1) is 0 Å². The van der Waals surface area contributed by atoms with E-state index in [2.05, 4.69) is 15.0 Å². The van der Waals surface area contributed by atoms with E-state index in [0.717, 1.165) is 31.4 Å². The number of aromatic nitrogens is 2. The lowest BCUT2D eigenvalue weighted by atomic mass is 10.0. The van der Waals surface area contributed by atoms with Crippen LogP contribution in [0.15, 0.2) is 21.3 Å². The molecule has 21 heavy (non-hydrogen) atoms. The van der Waals surface area contributed by atoms with Crippen LogP contribution in [0, 0.1) is 0 Å². The first-order chi connectivity index (χ1) is 10.3. The molecule has 1 aliphatic rings. The van der Waals surface area contributed by atoms with E-state index in [9.17, 15) is 4.79 Å². The van der Waals surface area contributed by atoms with Gasteiger partial charge in [0.05, 0.1) is 19.2 Å². The van der Waals surface area contributed by atoms with E-state index in [4.69, 9.17) is 9.26 Å². The van der Waals surface area contributed by atoms with Crippen LogP contribution >= 0.6 is 11.3 Å². The number of rotatable bonds is 4. The number of methoxy groups -OCH3 is 1. The Morgan fingerprint density at radius 1 is 1.57 bits per heavy atom. The zero-order valence-electron chi connectivity index (χ0n) is 11.8. The zero-order valence-corrected chi connectivity index (χ0v) is 12.6. The third-order valence-corrected chi connectivity index (χ3v) is 4.35. The number of esters is 1. The quantitative estimate of drug-likeness (QED) is 0.808. The summed E-state index contributed by atoms with van der Waals surface area (Å²) in [6.07, 6.45) is 2.94. The number of carbonyl (C=O) groups excluding carboxylic acids is 1. The third-order valence-electron chi connectivity index (χ3n) is 3.67. The summed E-state index contributed by atoms with van der Waals surface area (Å²) in [7, 11) is 1.43. The molecule has 3 heterocycles. The van der Waals surface area contributed by atoms with Crippen LogP contribution in [0.4, 0.5) is 0 Å². The minimum atomic E-state index is -0.202. The van der Waals surface area contributed by atoms with Gasteiger partial charge in [-0.05, 0) is 30.8 Å². The molecular formula is C14H17N3O3S. The van der Waals surface area contributed by atoms with Crippen molar-refractivity contribution in [2.45, 2.75) is 31.8 Å². The fourth-order valence-electron chi connectivity index (χ4n) is 2.59. The van der Waals surface area contributed by atoms with Crippen LogP contribution in [0.5, 0.6) is 0 Å². The maximum absolute atomic E-state index is 11.8. The summed E-state index contributed by atoms with van der Waals surface area (Å²) in [5.41, 5.74) is 0.932. The maximum Gasteiger partial charge on any atom is 0.323 e. The van der Waals surface area contributed by atoms with Gasteiger partial charge >= 0.3 is 5.97 Å². The first-order valence-corrected chi connectivity index (χ1v) is 7.89. The molecule has 0 bridgehead atoms. The molecule has 7 heteroatoms. The van der Waals surface area contributed by atoms with Gasteiger partial charge in [0, 0.05) is 5.38 Å². The summed E-state index contributed by atoms with van der Waals surface area (Å²) in [5.74, 6) is 0.945. The molecule has 2 aromatic rings. The smallest absolute Gasteiger partial charge is 0.323 e. The molecular weight excluding hydrogens is 290 g/mol. The molecule has 0 spiro atoms. The monoisotopic (exact) mass is 307 g/mol. The molecule has 0 aliphatic carbocycles. The standard InChI is InChI=1S/C14H17N3O3S/c1-19-14(18)11-4-2-3-6-17(11)8-12-15-13(20-16-12)10-5-7-21-9-10/h5,7,9,11H,2-4,6,8H2,1H3. The average Bonchev–Trinajstić information content (AvgIpc) is 3.18. The highest BCUT2D eigenvalue weighted by atomic mass is 32.1. The van der Waals surface area contributed by atoms with Gasteiger partial charge in [-0.2, -0.15) is 16.3 Å². The van der Waals surface area contributed by atoms with Crippen LogP contribution in [-0.2, 0) is 16.1 Å². The fourth-order valence-corrected chi connectivity index (χ4v) is 3.22. The average molecular weight is 307 g/mol. The predicted molar refractivity (Wildman–Crippen MR) is 77.7 cm³/mol. The number of piperidine rings is 1. The molecule has 112 valence electrons. The maximum atomic E-state index is 11.8. The van der Waals surface area contributed by atoms with Gasteiger partial charge in [-0.1, -0.05) is 11.6 Å². The molecule has 0 amide bonds. The highest BCUT2D eigenvalue weighted by molar-refractivity contribution is 7.08. The second-order valence-electron chi connectivity index (χ2n) is 5.03. The van der Waals surface area contributed by atoms with Crippen molar-refractivity contribution in [1.82, 2.24) is 15.0 Å². The molecule has 2 aromatic heterocycles. The molecule has 0 aromatic carbocycles. The molecule has 1 unspecified atom stereocenters. The predicted octanol–water partition coefficient (Wildman–Crippen LogP) is 2.33. The van der Waals surface area contributed by atoms with E-state index in [1.165, 1.54) is 7.11 Å². The van der Waals surface area contributed by atoms with Crippen molar-refractivity contribution in [2.24, 2.45) is 0 Å². The van der Waals surface area contributed by atoms with Crippen LogP contribution in [0.1, 0.15) is 25.1 Å². The molecule has 3 rings (SSSR count). The Hall–Kier alpha value is -1.73. The molecule has 1 saturated heterocycles. The summed E-state index contributed by atoms with van der Waals surface area (Å²) in [6.45, 7) is 1.36. The Bertz CT molecular complexity index is 596. The van der Waals surface area contributed by atoms with Crippen LogP contribution in [0.25, 0.3) is 11.5 Å². The normalized spacial score (nSPS) is 19.6. The number of ether oxygens (including phenoxy) is 1. The van der Waals surface area contributed by atoms with Crippen molar-refractivity contribution in [3.05, 3.63) is 22.7 Å². The number of thiophene rings is 1. The lowest BCUT2D eigenvalue weighted by molar-refractivity contribution is -0.148. The minimum Gasteiger partial charge on any atom is -0.468 e. The van der Waals surface area contributed by atoms with E-state index < -0.39 is 0 Å². The van der Waals surface area contributed by atoms with Crippen molar-refractivity contribution >= 4 is 17.3 Å². The summed E-state index contributed by atoms with van der Waals surface area (Å²) in [5, 5.41) is 7.95. The Labute approximate surface area is 126 Å². The van der Waals surface area contributed by atoms with E-state index >= 15 is 0 Å². The van der Waals surface area contributed by atoms with Gasteiger partial charge < -0.3 is 9.26 Å². The van der Waals surface area contributed by atoms with E-state index in [1.54, 1.807) is 11.3 Å². The minimum absolute atomic E-state index is 0.184. The van der Waals surface area contributed by atoms with Gasteiger partial charge in [0.25, 0.3) is 5.89 Å². The molecule has 1 fully saturated rings. The summed E-state index contributed by atoms with van der Waals surface area (Å²) in [6, 6.07) is 1.74. The van der Waals surface area contributed by atoms with E-state index in [1.807, 2.05) is 16.8 Å². The molecule has 6 nitrogen and oxygen atoms in total. The second kappa shape index (κ2) is 6.36. The van der Waals surface area contributed by atoms with Crippen molar-refractivity contribution in [3.8, 4) is 11.5 Å². The van der Waals surface area contributed by atoms with Gasteiger partial charge in [0.1, 0.15) is 6.04 Å². The number of hydrogen-bond donors (Lipinski definition) is 0. The molecule has 1 atom stereocenters. The van der Waals surface area contributed by atoms with Crippen LogP contribution < -0.4 is 0 Å². The Morgan fingerprint density at radius 3 is 3.24 bits per heavy atom. The Balaban J connectivity index is 1.71.